The first-order valence-electron chi connectivity index (χ1n) is 9.47. The maximum Gasteiger partial charge on any atom is 0.240 e. The first-order chi connectivity index (χ1) is 14.8. The third-order valence-corrected chi connectivity index (χ3v) is 5.21. The Balaban J connectivity index is 1.88. The molecule has 7 nitrogen and oxygen atoms in total. The quantitative estimate of drug-likeness (QED) is 0.222. The van der Waals surface area contributed by atoms with Crippen LogP contribution in [0.2, 0.25) is 0 Å². The lowest BCUT2D eigenvalue weighted by Crippen LogP contribution is -2.21. The van der Waals surface area contributed by atoms with Crippen molar-refractivity contribution in [1.29, 1.82) is 0 Å². The zero-order chi connectivity index (χ0) is 22.8. The maximum absolute atomic E-state index is 12.1. The second-order valence-electron chi connectivity index (χ2n) is 6.62. The average molecular weight is 533 g/mol. The Morgan fingerprint density at radius 3 is 2.68 bits per heavy atom. The number of nitrogens with one attached hydrogen (secondary N) is 2. The molecule has 0 aliphatic heterocycles. The summed E-state index contributed by atoms with van der Waals surface area (Å²) in [5, 5.41) is 6.78. The number of methoxy groups -OCH3 is 1. The Kier molecular flexibility index (Phi) is 9.34. The summed E-state index contributed by atoms with van der Waals surface area (Å²) >= 11 is 2.11. The molecule has 162 valence electrons. The van der Waals surface area contributed by atoms with Crippen molar-refractivity contribution in [2.75, 3.05) is 19.0 Å². The minimum atomic E-state index is -0.358. The zero-order valence-corrected chi connectivity index (χ0v) is 19.8. The molecule has 0 aliphatic rings. The number of aryl methyl sites for hydroxylation is 1. The number of anilines is 1. The third kappa shape index (κ3) is 7.29. The lowest BCUT2D eigenvalue weighted by Gasteiger charge is -2.11. The van der Waals surface area contributed by atoms with E-state index in [4.69, 9.17) is 15.9 Å². The molecule has 0 saturated carbocycles. The third-order valence-electron chi connectivity index (χ3n) is 4.41. The van der Waals surface area contributed by atoms with Gasteiger partial charge in [0, 0.05) is 18.5 Å². The second kappa shape index (κ2) is 12.0. The zero-order valence-electron chi connectivity index (χ0n) is 17.6. The van der Waals surface area contributed by atoms with E-state index in [2.05, 4.69) is 44.4 Å². The van der Waals surface area contributed by atoms with Crippen molar-refractivity contribution in [3.05, 3.63) is 50.6 Å². The van der Waals surface area contributed by atoms with E-state index in [1.807, 2.05) is 38.1 Å². The molecule has 2 N–H and O–H groups in total. The van der Waals surface area contributed by atoms with E-state index >= 15 is 0 Å². The number of carbonyl (C=O) groups excluding carboxylic acids is 2. The summed E-state index contributed by atoms with van der Waals surface area (Å²) in [5.74, 6) is 2.89. The van der Waals surface area contributed by atoms with Gasteiger partial charge in [0.25, 0.3) is 0 Å². The number of halogens is 1. The van der Waals surface area contributed by atoms with Crippen LogP contribution >= 0.6 is 22.6 Å². The minimum absolute atomic E-state index is 0.0216. The maximum atomic E-state index is 12.1. The van der Waals surface area contributed by atoms with E-state index in [-0.39, 0.29) is 31.3 Å². The van der Waals surface area contributed by atoms with Crippen LogP contribution in [0.4, 0.5) is 5.69 Å². The molecule has 0 aliphatic carbocycles. The van der Waals surface area contributed by atoms with Crippen LogP contribution in [0.15, 0.2) is 35.4 Å². The molecule has 31 heavy (non-hydrogen) atoms. The SMILES string of the molecule is C#CCOc1c(I)cc(C=NNC(=O)CCC(=O)Nc2cccc(C)c2C)cc1OC. The number of hydrogen-bond acceptors (Lipinski definition) is 5. The fourth-order valence-electron chi connectivity index (χ4n) is 2.63. The molecule has 0 atom stereocenters. The number of amides is 2. The summed E-state index contributed by atoms with van der Waals surface area (Å²) in [5.41, 5.74) is 5.98. The van der Waals surface area contributed by atoms with Gasteiger partial charge < -0.3 is 14.8 Å². The molecule has 0 heterocycles. The first kappa shape index (κ1) is 24.2. The Morgan fingerprint density at radius 2 is 1.97 bits per heavy atom. The van der Waals surface area contributed by atoms with Crippen LogP contribution in [-0.2, 0) is 9.59 Å². The van der Waals surface area contributed by atoms with E-state index in [1.165, 1.54) is 13.3 Å². The fraction of sp³-hybridized carbons (Fsp3) is 0.261. The van der Waals surface area contributed by atoms with Crippen molar-refractivity contribution in [2.45, 2.75) is 26.7 Å². The van der Waals surface area contributed by atoms with Crippen LogP contribution in [0.3, 0.4) is 0 Å². The van der Waals surface area contributed by atoms with Gasteiger partial charge in [0.15, 0.2) is 11.5 Å². The molecule has 0 aromatic heterocycles. The Morgan fingerprint density at radius 1 is 1.23 bits per heavy atom. The number of hydrogen-bond donors (Lipinski definition) is 2. The van der Waals surface area contributed by atoms with Gasteiger partial charge in [0.05, 0.1) is 16.9 Å². The van der Waals surface area contributed by atoms with Crippen molar-refractivity contribution in [1.82, 2.24) is 5.43 Å². The molecule has 2 amide bonds. The van der Waals surface area contributed by atoms with Crippen LogP contribution in [0.25, 0.3) is 0 Å². The normalized spacial score (nSPS) is 10.4. The first-order valence-corrected chi connectivity index (χ1v) is 10.5. The van der Waals surface area contributed by atoms with Crippen LogP contribution < -0.4 is 20.2 Å². The lowest BCUT2D eigenvalue weighted by atomic mass is 10.1. The van der Waals surface area contributed by atoms with E-state index in [1.54, 1.807) is 6.07 Å². The van der Waals surface area contributed by atoms with Gasteiger partial charge in [0.2, 0.25) is 11.8 Å². The van der Waals surface area contributed by atoms with Gasteiger partial charge in [-0.1, -0.05) is 18.1 Å². The summed E-state index contributed by atoms with van der Waals surface area (Å²) < 4.78 is 11.6. The van der Waals surface area contributed by atoms with Crippen molar-refractivity contribution in [2.24, 2.45) is 5.10 Å². The summed E-state index contributed by atoms with van der Waals surface area (Å²) in [6.45, 7) is 4.05. The number of benzene rings is 2. The van der Waals surface area contributed by atoms with Crippen molar-refractivity contribution < 1.29 is 19.1 Å². The van der Waals surface area contributed by atoms with Crippen LogP contribution in [0.5, 0.6) is 11.5 Å². The van der Waals surface area contributed by atoms with E-state index in [0.29, 0.717) is 17.1 Å². The van der Waals surface area contributed by atoms with Crippen molar-refractivity contribution >= 4 is 46.3 Å². The van der Waals surface area contributed by atoms with Crippen LogP contribution in [-0.4, -0.2) is 31.7 Å². The topological polar surface area (TPSA) is 89.0 Å². The smallest absolute Gasteiger partial charge is 0.240 e. The second-order valence-corrected chi connectivity index (χ2v) is 7.78. The fourth-order valence-corrected chi connectivity index (χ4v) is 3.41. The monoisotopic (exact) mass is 533 g/mol. The summed E-state index contributed by atoms with van der Waals surface area (Å²) in [6, 6.07) is 9.24. The summed E-state index contributed by atoms with van der Waals surface area (Å²) in [7, 11) is 1.53. The molecule has 2 rings (SSSR count). The van der Waals surface area contributed by atoms with E-state index in [9.17, 15) is 9.59 Å². The highest BCUT2D eigenvalue weighted by Crippen LogP contribution is 2.33. The largest absolute Gasteiger partial charge is 0.493 e. The van der Waals surface area contributed by atoms with Gasteiger partial charge in [-0.2, -0.15) is 5.10 Å². The molecular formula is C23H24IN3O4. The van der Waals surface area contributed by atoms with Crippen molar-refractivity contribution in [3.8, 4) is 23.8 Å². The lowest BCUT2D eigenvalue weighted by molar-refractivity contribution is -0.124. The van der Waals surface area contributed by atoms with Crippen LogP contribution in [0, 0.1) is 29.8 Å². The Hall–Kier alpha value is -3.06. The molecular weight excluding hydrogens is 509 g/mol. The summed E-state index contributed by atoms with van der Waals surface area (Å²) in [4.78, 5) is 24.1. The highest BCUT2D eigenvalue weighted by Gasteiger charge is 2.11. The molecule has 2 aromatic carbocycles. The highest BCUT2D eigenvalue weighted by molar-refractivity contribution is 14.1. The molecule has 0 bridgehead atoms. The standard InChI is InChI=1S/C23H24IN3O4/c1-5-11-31-23-18(24)12-17(13-20(23)30-4)14-25-27-22(29)10-9-21(28)26-19-8-6-7-15(2)16(19)3/h1,6-8,12-14H,9-11H2,2-4H3,(H,26,28)(H,27,29). The molecule has 8 heteroatoms. The van der Waals surface area contributed by atoms with Gasteiger partial charge >= 0.3 is 0 Å². The molecule has 0 unspecified atom stereocenters. The summed E-state index contributed by atoms with van der Waals surface area (Å²) in [6.07, 6.45) is 6.80. The predicted molar refractivity (Wildman–Crippen MR) is 130 cm³/mol. The number of terminal acetylenes is 1. The van der Waals surface area contributed by atoms with Crippen molar-refractivity contribution in [3.63, 3.8) is 0 Å². The van der Waals surface area contributed by atoms with Crippen LogP contribution in [0.1, 0.15) is 29.5 Å². The minimum Gasteiger partial charge on any atom is -0.493 e. The number of rotatable bonds is 9. The van der Waals surface area contributed by atoms with E-state index in [0.717, 1.165) is 20.4 Å². The molecule has 2 aromatic rings. The Bertz CT molecular complexity index is 1030. The van der Waals surface area contributed by atoms with Gasteiger partial charge in [-0.25, -0.2) is 5.43 Å². The Labute approximate surface area is 195 Å². The predicted octanol–water partition coefficient (Wildman–Crippen LogP) is 3.80. The van der Waals surface area contributed by atoms with E-state index < -0.39 is 0 Å². The number of ether oxygens (including phenoxy) is 2. The molecule has 0 radical (unpaired) electrons. The number of carbonyl (C=O) groups is 2. The average Bonchev–Trinajstić information content (AvgIpc) is 2.74. The van der Waals surface area contributed by atoms with Gasteiger partial charge in [0.1, 0.15) is 6.61 Å². The van der Waals surface area contributed by atoms with Gasteiger partial charge in [-0.15, -0.1) is 6.42 Å². The number of nitrogens with zero attached hydrogens (tertiary/aromatic N) is 1. The number of hydrazone groups is 1. The van der Waals surface area contributed by atoms with Gasteiger partial charge in [-0.05, 0) is 71.3 Å². The molecule has 0 saturated heterocycles. The van der Waals surface area contributed by atoms with Gasteiger partial charge in [-0.3, -0.25) is 9.59 Å². The molecule has 0 spiro atoms. The molecule has 0 fully saturated rings. The highest BCUT2D eigenvalue weighted by atomic mass is 127.